The number of benzene rings is 1. The van der Waals surface area contributed by atoms with E-state index in [2.05, 4.69) is 58.8 Å². The second kappa shape index (κ2) is 9.54. The number of aliphatic imine (C=N–C) groups is 1. The molecule has 0 spiro atoms. The normalized spacial score (nSPS) is 12.4. The summed E-state index contributed by atoms with van der Waals surface area (Å²) in [7, 11) is 3.73. The Morgan fingerprint density at radius 1 is 1.30 bits per heavy atom. The first-order valence-corrected chi connectivity index (χ1v) is 7.58. The van der Waals surface area contributed by atoms with Crippen molar-refractivity contribution in [2.75, 3.05) is 13.6 Å². The Labute approximate surface area is 155 Å². The molecule has 5 nitrogen and oxygen atoms in total. The van der Waals surface area contributed by atoms with Crippen LogP contribution in [0.5, 0.6) is 0 Å². The summed E-state index contributed by atoms with van der Waals surface area (Å²) in [5, 5.41) is 10.8. The Morgan fingerprint density at radius 3 is 2.70 bits per heavy atom. The zero-order valence-corrected chi connectivity index (χ0v) is 16.5. The van der Waals surface area contributed by atoms with E-state index in [4.69, 9.17) is 0 Å². The van der Waals surface area contributed by atoms with Crippen LogP contribution < -0.4 is 10.6 Å². The topological polar surface area (TPSA) is 54.2 Å². The van der Waals surface area contributed by atoms with Gasteiger partial charge in [0.15, 0.2) is 5.96 Å². The minimum Gasteiger partial charge on any atom is -0.356 e. The molecule has 2 aromatic rings. The first kappa shape index (κ1) is 19.5. The summed E-state index contributed by atoms with van der Waals surface area (Å²) in [6.45, 7) is 5.89. The van der Waals surface area contributed by atoms with Gasteiger partial charge in [-0.3, -0.25) is 9.67 Å². The number of nitrogens with zero attached hydrogens (tertiary/aromatic N) is 3. The van der Waals surface area contributed by atoms with E-state index in [0.717, 1.165) is 18.2 Å². The smallest absolute Gasteiger partial charge is 0.191 e. The molecule has 0 bridgehead atoms. The van der Waals surface area contributed by atoms with Gasteiger partial charge in [-0.2, -0.15) is 5.10 Å². The highest BCUT2D eigenvalue weighted by Gasteiger charge is 2.07. The van der Waals surface area contributed by atoms with Crippen LogP contribution in [0.2, 0.25) is 0 Å². The van der Waals surface area contributed by atoms with Gasteiger partial charge in [-0.15, -0.1) is 24.0 Å². The zero-order chi connectivity index (χ0) is 15.9. The molecule has 1 unspecified atom stereocenters. The van der Waals surface area contributed by atoms with Gasteiger partial charge < -0.3 is 10.6 Å². The molecule has 0 aliphatic carbocycles. The van der Waals surface area contributed by atoms with Crippen LogP contribution in [0.1, 0.15) is 29.7 Å². The molecule has 6 heteroatoms. The molecule has 126 valence electrons. The molecule has 0 saturated heterocycles. The first-order chi connectivity index (χ1) is 10.6. The van der Waals surface area contributed by atoms with Crippen molar-refractivity contribution in [3.63, 3.8) is 0 Å². The lowest BCUT2D eigenvalue weighted by molar-refractivity contribution is 0.669. The molecular formula is C17H26IN5. The van der Waals surface area contributed by atoms with Crippen LogP contribution in [0.4, 0.5) is 0 Å². The largest absolute Gasteiger partial charge is 0.356 e. The lowest BCUT2D eigenvalue weighted by Crippen LogP contribution is -2.39. The van der Waals surface area contributed by atoms with E-state index in [9.17, 15) is 0 Å². The molecule has 1 heterocycles. The molecule has 0 fully saturated rings. The van der Waals surface area contributed by atoms with Gasteiger partial charge in [0.05, 0.1) is 12.2 Å². The quantitative estimate of drug-likeness (QED) is 0.439. The van der Waals surface area contributed by atoms with Gasteiger partial charge in [0.2, 0.25) is 0 Å². The second-order valence-electron chi connectivity index (χ2n) is 5.57. The third-order valence-electron chi connectivity index (χ3n) is 3.77. The van der Waals surface area contributed by atoms with Crippen LogP contribution >= 0.6 is 24.0 Å². The maximum Gasteiger partial charge on any atom is 0.191 e. The van der Waals surface area contributed by atoms with Gasteiger partial charge in [0.25, 0.3) is 0 Å². The average molecular weight is 427 g/mol. The fourth-order valence-corrected chi connectivity index (χ4v) is 2.31. The van der Waals surface area contributed by atoms with Gasteiger partial charge in [0.1, 0.15) is 0 Å². The minimum absolute atomic E-state index is 0. The van der Waals surface area contributed by atoms with Crippen molar-refractivity contribution in [2.24, 2.45) is 12.0 Å². The average Bonchev–Trinajstić information content (AvgIpc) is 2.92. The molecule has 1 aromatic heterocycles. The first-order valence-electron chi connectivity index (χ1n) is 7.58. The molecule has 0 aliphatic rings. The maximum atomic E-state index is 4.27. The number of nitrogens with one attached hydrogen (secondary N) is 2. The van der Waals surface area contributed by atoms with Crippen molar-refractivity contribution in [2.45, 2.75) is 26.3 Å². The Kier molecular flexibility index (Phi) is 8.08. The van der Waals surface area contributed by atoms with Crippen LogP contribution in [0.15, 0.2) is 41.5 Å². The summed E-state index contributed by atoms with van der Waals surface area (Å²) in [4.78, 5) is 4.27. The Morgan fingerprint density at radius 2 is 2.09 bits per heavy atom. The van der Waals surface area contributed by atoms with Gasteiger partial charge in [-0.05, 0) is 24.5 Å². The number of hydrogen-bond acceptors (Lipinski definition) is 2. The predicted octanol–water partition coefficient (Wildman–Crippen LogP) is 2.82. The van der Waals surface area contributed by atoms with E-state index in [1.54, 1.807) is 13.2 Å². The van der Waals surface area contributed by atoms with Crippen LogP contribution in [0, 0.1) is 6.92 Å². The number of guanidine groups is 1. The molecule has 0 saturated carbocycles. The van der Waals surface area contributed by atoms with Gasteiger partial charge in [0, 0.05) is 26.8 Å². The van der Waals surface area contributed by atoms with E-state index in [-0.39, 0.29) is 24.0 Å². The summed E-state index contributed by atoms with van der Waals surface area (Å²) in [6.07, 6.45) is 1.80. The Balaban J connectivity index is 0.00000264. The van der Waals surface area contributed by atoms with Crippen molar-refractivity contribution in [1.29, 1.82) is 0 Å². The lowest BCUT2D eigenvalue weighted by atomic mass is 9.99. The van der Waals surface area contributed by atoms with Crippen molar-refractivity contribution in [3.8, 4) is 0 Å². The standard InChI is InChI=1S/C17H25N5.HI/c1-13-6-5-7-15(10-13)14(2)11-19-17(18-3)20-12-16-8-9-21-22(16)4;/h5-10,14H,11-12H2,1-4H3,(H2,18,19,20);1H. The maximum absolute atomic E-state index is 4.27. The number of hydrogen-bond donors (Lipinski definition) is 2. The van der Waals surface area contributed by atoms with Gasteiger partial charge in [-0.1, -0.05) is 36.8 Å². The molecule has 0 amide bonds. The summed E-state index contributed by atoms with van der Waals surface area (Å²) in [6, 6.07) is 10.6. The van der Waals surface area contributed by atoms with Crippen molar-refractivity contribution in [1.82, 2.24) is 20.4 Å². The zero-order valence-electron chi connectivity index (χ0n) is 14.2. The molecule has 1 aromatic carbocycles. The number of halogens is 1. The molecule has 2 N–H and O–H groups in total. The third kappa shape index (κ3) is 5.85. The van der Waals surface area contributed by atoms with Gasteiger partial charge in [-0.25, -0.2) is 0 Å². The van der Waals surface area contributed by atoms with Crippen LogP contribution in [-0.2, 0) is 13.6 Å². The highest BCUT2D eigenvalue weighted by molar-refractivity contribution is 14.0. The van der Waals surface area contributed by atoms with Crippen molar-refractivity contribution >= 4 is 29.9 Å². The molecule has 0 radical (unpaired) electrons. The van der Waals surface area contributed by atoms with E-state index in [1.807, 2.05) is 17.8 Å². The summed E-state index contributed by atoms with van der Waals surface area (Å²) in [5.74, 6) is 1.23. The van der Waals surface area contributed by atoms with Crippen LogP contribution in [0.25, 0.3) is 0 Å². The molecule has 1 atom stereocenters. The fraction of sp³-hybridized carbons (Fsp3) is 0.412. The summed E-state index contributed by atoms with van der Waals surface area (Å²) >= 11 is 0. The predicted molar refractivity (Wildman–Crippen MR) is 106 cm³/mol. The lowest BCUT2D eigenvalue weighted by Gasteiger charge is -2.17. The summed E-state index contributed by atoms with van der Waals surface area (Å²) in [5.41, 5.74) is 3.76. The molecule has 2 rings (SSSR count). The van der Waals surface area contributed by atoms with Crippen molar-refractivity contribution in [3.05, 3.63) is 53.3 Å². The van der Waals surface area contributed by atoms with E-state index in [0.29, 0.717) is 12.5 Å². The fourth-order valence-electron chi connectivity index (χ4n) is 2.31. The second-order valence-corrected chi connectivity index (χ2v) is 5.57. The monoisotopic (exact) mass is 427 g/mol. The van der Waals surface area contributed by atoms with Gasteiger partial charge >= 0.3 is 0 Å². The minimum atomic E-state index is 0. The van der Waals surface area contributed by atoms with E-state index >= 15 is 0 Å². The van der Waals surface area contributed by atoms with E-state index in [1.165, 1.54) is 11.1 Å². The van der Waals surface area contributed by atoms with E-state index < -0.39 is 0 Å². The molecule has 0 aliphatic heterocycles. The highest BCUT2D eigenvalue weighted by Crippen LogP contribution is 2.15. The third-order valence-corrected chi connectivity index (χ3v) is 3.77. The van der Waals surface area contributed by atoms with Crippen LogP contribution in [-0.4, -0.2) is 29.3 Å². The number of aromatic nitrogens is 2. The number of aryl methyl sites for hydroxylation is 2. The van der Waals surface area contributed by atoms with Crippen molar-refractivity contribution < 1.29 is 0 Å². The highest BCUT2D eigenvalue weighted by atomic mass is 127. The van der Waals surface area contributed by atoms with Crippen LogP contribution in [0.3, 0.4) is 0 Å². The number of rotatable bonds is 5. The summed E-state index contributed by atoms with van der Waals surface area (Å²) < 4.78 is 1.86. The Hall–Kier alpha value is -1.57. The molecule has 23 heavy (non-hydrogen) atoms. The Bertz CT molecular complexity index is 635. The SMILES string of the molecule is CN=C(NCc1ccnn1C)NCC(C)c1cccc(C)c1.I. The molecular weight excluding hydrogens is 401 g/mol.